The molecule has 17 heavy (non-hydrogen) atoms. The molecule has 0 aliphatic heterocycles. The van der Waals surface area contributed by atoms with Gasteiger partial charge in [0.25, 0.3) is 0 Å². The molecule has 2 N–H and O–H groups in total. The first-order valence-electron chi connectivity index (χ1n) is 6.60. The molecule has 1 aliphatic carbocycles. The minimum atomic E-state index is 0.474. The maximum atomic E-state index is 4.22. The Morgan fingerprint density at radius 1 is 1.29 bits per heavy atom. The van der Waals surface area contributed by atoms with E-state index < -0.39 is 0 Å². The molecule has 1 aromatic rings. The Morgan fingerprint density at radius 3 is 2.76 bits per heavy atom. The zero-order valence-electron chi connectivity index (χ0n) is 10.9. The van der Waals surface area contributed by atoms with E-state index in [9.17, 15) is 0 Å². The number of hydrogen-bond acceptors (Lipinski definition) is 3. The summed E-state index contributed by atoms with van der Waals surface area (Å²) in [5.41, 5.74) is 1.64. The van der Waals surface area contributed by atoms with E-state index in [1.165, 1.54) is 32.1 Å². The van der Waals surface area contributed by atoms with Crippen LogP contribution in [0.2, 0.25) is 0 Å². The fourth-order valence-corrected chi connectivity index (χ4v) is 2.57. The third-order valence-electron chi connectivity index (χ3n) is 3.80. The molecule has 0 saturated heterocycles. The zero-order valence-corrected chi connectivity index (χ0v) is 10.9. The lowest BCUT2D eigenvalue weighted by Gasteiger charge is -2.34. The van der Waals surface area contributed by atoms with Crippen molar-refractivity contribution in [3.8, 4) is 0 Å². The second kappa shape index (κ2) is 5.39. The summed E-state index contributed by atoms with van der Waals surface area (Å²) in [5, 5.41) is 6.61. The normalized spacial score (nSPS) is 18.7. The lowest BCUT2D eigenvalue weighted by atomic mass is 9.76. The van der Waals surface area contributed by atoms with Crippen LogP contribution < -0.4 is 10.6 Å². The highest BCUT2D eigenvalue weighted by Crippen LogP contribution is 2.35. The minimum Gasteiger partial charge on any atom is -0.384 e. The van der Waals surface area contributed by atoms with Crippen molar-refractivity contribution in [2.24, 2.45) is 5.41 Å². The van der Waals surface area contributed by atoms with Gasteiger partial charge in [-0.15, -0.1) is 0 Å². The Labute approximate surface area is 104 Å². The minimum absolute atomic E-state index is 0.474. The summed E-state index contributed by atoms with van der Waals surface area (Å²) >= 11 is 0. The maximum absolute atomic E-state index is 4.22. The van der Waals surface area contributed by atoms with Crippen molar-refractivity contribution >= 4 is 11.5 Å². The van der Waals surface area contributed by atoms with E-state index in [0.717, 1.165) is 18.1 Å². The van der Waals surface area contributed by atoms with Crippen molar-refractivity contribution in [2.45, 2.75) is 39.0 Å². The Hall–Kier alpha value is -1.25. The largest absolute Gasteiger partial charge is 0.384 e. The number of pyridine rings is 1. The van der Waals surface area contributed by atoms with Crippen LogP contribution in [0.15, 0.2) is 18.3 Å². The van der Waals surface area contributed by atoms with Crippen molar-refractivity contribution < 1.29 is 0 Å². The van der Waals surface area contributed by atoms with Crippen molar-refractivity contribution in [3.63, 3.8) is 0 Å². The molecular weight excluding hydrogens is 210 g/mol. The summed E-state index contributed by atoms with van der Waals surface area (Å²) in [6, 6.07) is 4.10. The predicted molar refractivity (Wildman–Crippen MR) is 73.5 cm³/mol. The molecule has 0 bridgehead atoms. The molecule has 0 aromatic carbocycles. The highest BCUT2D eigenvalue weighted by Gasteiger charge is 2.26. The SMILES string of the molecule is CNc1cc(NCC2(C)CCCCC2)ccn1. The highest BCUT2D eigenvalue weighted by molar-refractivity contribution is 5.51. The number of nitrogens with zero attached hydrogens (tertiary/aromatic N) is 1. The summed E-state index contributed by atoms with van der Waals surface area (Å²) in [6.45, 7) is 3.47. The molecule has 0 unspecified atom stereocenters. The first-order chi connectivity index (χ1) is 8.22. The topological polar surface area (TPSA) is 37.0 Å². The fourth-order valence-electron chi connectivity index (χ4n) is 2.57. The molecule has 0 atom stereocenters. The number of anilines is 2. The van der Waals surface area contributed by atoms with E-state index in [1.807, 2.05) is 19.3 Å². The number of hydrogen-bond donors (Lipinski definition) is 2. The molecule has 0 spiro atoms. The van der Waals surface area contributed by atoms with Crippen LogP contribution in [0, 0.1) is 5.41 Å². The van der Waals surface area contributed by atoms with Gasteiger partial charge in [0.1, 0.15) is 5.82 Å². The first kappa shape index (κ1) is 12.2. The predicted octanol–water partition coefficient (Wildman–Crippen LogP) is 3.51. The van der Waals surface area contributed by atoms with Gasteiger partial charge in [-0.05, 0) is 24.3 Å². The second-order valence-electron chi connectivity index (χ2n) is 5.40. The standard InChI is InChI=1S/C14H23N3/c1-14(7-4-3-5-8-14)11-17-12-6-9-16-13(10-12)15-2/h6,9-10H,3-5,7-8,11H2,1-2H3,(H2,15,16,17). The third-order valence-corrected chi connectivity index (χ3v) is 3.80. The van der Waals surface area contributed by atoms with Crippen LogP contribution in [-0.4, -0.2) is 18.6 Å². The Balaban J connectivity index is 1.92. The summed E-state index contributed by atoms with van der Waals surface area (Å²) in [5.74, 6) is 0.920. The molecule has 1 saturated carbocycles. The number of rotatable bonds is 4. The van der Waals surface area contributed by atoms with Gasteiger partial charge in [0, 0.05) is 31.5 Å². The van der Waals surface area contributed by atoms with Gasteiger partial charge in [-0.25, -0.2) is 4.98 Å². The molecule has 2 rings (SSSR count). The smallest absolute Gasteiger partial charge is 0.127 e. The van der Waals surface area contributed by atoms with Gasteiger partial charge in [0.05, 0.1) is 0 Å². The molecular formula is C14H23N3. The highest BCUT2D eigenvalue weighted by atomic mass is 15.0. The van der Waals surface area contributed by atoms with Crippen molar-refractivity contribution in [1.82, 2.24) is 4.98 Å². The molecule has 3 heteroatoms. The van der Waals surface area contributed by atoms with Gasteiger partial charge >= 0.3 is 0 Å². The monoisotopic (exact) mass is 233 g/mol. The Morgan fingerprint density at radius 2 is 2.06 bits per heavy atom. The van der Waals surface area contributed by atoms with Crippen molar-refractivity contribution in [1.29, 1.82) is 0 Å². The van der Waals surface area contributed by atoms with Gasteiger partial charge in [-0.1, -0.05) is 26.2 Å². The fraction of sp³-hybridized carbons (Fsp3) is 0.643. The van der Waals surface area contributed by atoms with E-state index in [2.05, 4.69) is 28.6 Å². The van der Waals surface area contributed by atoms with Crippen molar-refractivity contribution in [3.05, 3.63) is 18.3 Å². The Kier molecular flexibility index (Phi) is 3.87. The van der Waals surface area contributed by atoms with Gasteiger partial charge in [0.2, 0.25) is 0 Å². The van der Waals surface area contributed by atoms with Crippen LogP contribution in [0.3, 0.4) is 0 Å². The summed E-state index contributed by atoms with van der Waals surface area (Å²) in [6.07, 6.45) is 8.73. The molecule has 0 amide bonds. The van der Waals surface area contributed by atoms with Crippen LogP contribution in [0.1, 0.15) is 39.0 Å². The van der Waals surface area contributed by atoms with E-state index >= 15 is 0 Å². The van der Waals surface area contributed by atoms with E-state index in [1.54, 1.807) is 0 Å². The average Bonchev–Trinajstić information content (AvgIpc) is 2.38. The van der Waals surface area contributed by atoms with Crippen LogP contribution in [0.5, 0.6) is 0 Å². The van der Waals surface area contributed by atoms with E-state index in [0.29, 0.717) is 5.41 Å². The number of nitrogens with one attached hydrogen (secondary N) is 2. The lowest BCUT2D eigenvalue weighted by molar-refractivity contribution is 0.233. The van der Waals surface area contributed by atoms with Gasteiger partial charge in [-0.2, -0.15) is 0 Å². The molecule has 0 radical (unpaired) electrons. The van der Waals surface area contributed by atoms with Gasteiger partial charge < -0.3 is 10.6 Å². The van der Waals surface area contributed by atoms with Crippen molar-refractivity contribution in [2.75, 3.05) is 24.2 Å². The molecule has 1 fully saturated rings. The average molecular weight is 233 g/mol. The summed E-state index contributed by atoms with van der Waals surface area (Å²) < 4.78 is 0. The van der Waals surface area contributed by atoms with Crippen LogP contribution in [-0.2, 0) is 0 Å². The Bertz CT molecular complexity index is 356. The molecule has 1 heterocycles. The molecule has 1 aliphatic rings. The van der Waals surface area contributed by atoms with Crippen LogP contribution in [0.4, 0.5) is 11.5 Å². The maximum Gasteiger partial charge on any atom is 0.127 e. The molecule has 3 nitrogen and oxygen atoms in total. The van der Waals surface area contributed by atoms with Gasteiger partial charge in [-0.3, -0.25) is 0 Å². The van der Waals surface area contributed by atoms with Crippen LogP contribution in [0.25, 0.3) is 0 Å². The summed E-state index contributed by atoms with van der Waals surface area (Å²) in [7, 11) is 1.90. The van der Waals surface area contributed by atoms with E-state index in [4.69, 9.17) is 0 Å². The van der Waals surface area contributed by atoms with Crippen LogP contribution >= 0.6 is 0 Å². The third kappa shape index (κ3) is 3.35. The van der Waals surface area contributed by atoms with Gasteiger partial charge in [0.15, 0.2) is 0 Å². The molecule has 94 valence electrons. The zero-order chi connectivity index (χ0) is 12.1. The molecule has 1 aromatic heterocycles. The number of aromatic nitrogens is 1. The quantitative estimate of drug-likeness (QED) is 0.835. The lowest BCUT2D eigenvalue weighted by Crippen LogP contribution is -2.28. The summed E-state index contributed by atoms with van der Waals surface area (Å²) in [4.78, 5) is 4.22. The first-order valence-corrected chi connectivity index (χ1v) is 6.60. The van der Waals surface area contributed by atoms with E-state index in [-0.39, 0.29) is 0 Å². The second-order valence-corrected chi connectivity index (χ2v) is 5.40.